The van der Waals surface area contributed by atoms with Crippen LogP contribution in [-0.4, -0.2) is 18.3 Å². The molecule has 1 aromatic carbocycles. The van der Waals surface area contributed by atoms with Crippen LogP contribution in [0.3, 0.4) is 0 Å². The number of anilines is 1. The Morgan fingerprint density at radius 2 is 1.89 bits per heavy atom. The standard InChI is InChI=1S/C11H11Cl3N2O2/c1-3-18-11(17)6(2)15-16-10-8(13)4-7(12)5-9(10)14/h4-5,16H,3H2,1-2H3. The van der Waals surface area contributed by atoms with Gasteiger partial charge in [-0.25, -0.2) is 4.79 Å². The monoisotopic (exact) mass is 308 g/mol. The maximum Gasteiger partial charge on any atom is 0.354 e. The lowest BCUT2D eigenvalue weighted by molar-refractivity contribution is -0.135. The third-order valence-corrected chi connectivity index (χ3v) is 2.73. The molecule has 0 atom stereocenters. The first kappa shape index (κ1) is 15.1. The van der Waals surface area contributed by atoms with Crippen LogP contribution in [0, 0.1) is 0 Å². The van der Waals surface area contributed by atoms with Crippen molar-refractivity contribution in [3.05, 3.63) is 27.2 Å². The average molecular weight is 310 g/mol. The Hall–Kier alpha value is -0.970. The molecule has 0 bridgehead atoms. The van der Waals surface area contributed by atoms with Crippen molar-refractivity contribution in [3.63, 3.8) is 0 Å². The number of esters is 1. The van der Waals surface area contributed by atoms with Crippen LogP contribution in [0.1, 0.15) is 13.8 Å². The Morgan fingerprint density at radius 1 is 1.33 bits per heavy atom. The van der Waals surface area contributed by atoms with Gasteiger partial charge in [-0.1, -0.05) is 34.8 Å². The molecule has 0 spiro atoms. The molecule has 0 aliphatic rings. The molecule has 0 aliphatic heterocycles. The molecule has 1 N–H and O–H groups in total. The summed E-state index contributed by atoms with van der Waals surface area (Å²) in [7, 11) is 0. The fourth-order valence-electron chi connectivity index (χ4n) is 1.07. The van der Waals surface area contributed by atoms with Crippen LogP contribution in [0.15, 0.2) is 17.2 Å². The van der Waals surface area contributed by atoms with Gasteiger partial charge in [-0.15, -0.1) is 0 Å². The van der Waals surface area contributed by atoms with E-state index in [1.54, 1.807) is 6.92 Å². The number of ether oxygens (including phenoxy) is 1. The molecule has 0 fully saturated rings. The number of benzene rings is 1. The van der Waals surface area contributed by atoms with E-state index in [4.69, 9.17) is 39.5 Å². The molecule has 0 saturated carbocycles. The van der Waals surface area contributed by atoms with Crippen LogP contribution in [0.25, 0.3) is 0 Å². The van der Waals surface area contributed by atoms with Crippen molar-refractivity contribution in [1.82, 2.24) is 0 Å². The summed E-state index contributed by atoms with van der Waals surface area (Å²) >= 11 is 17.7. The average Bonchev–Trinajstić information content (AvgIpc) is 2.27. The molecule has 18 heavy (non-hydrogen) atoms. The lowest BCUT2D eigenvalue weighted by Crippen LogP contribution is -2.15. The van der Waals surface area contributed by atoms with E-state index in [0.717, 1.165) is 0 Å². The summed E-state index contributed by atoms with van der Waals surface area (Å²) in [6.07, 6.45) is 0. The number of hydrogen-bond acceptors (Lipinski definition) is 4. The second-order valence-electron chi connectivity index (χ2n) is 3.27. The summed E-state index contributed by atoms with van der Waals surface area (Å²) in [6.45, 7) is 3.52. The molecule has 98 valence electrons. The fraction of sp³-hybridized carbons (Fsp3) is 0.273. The SMILES string of the molecule is CCOC(=O)C(C)=NNc1c(Cl)cc(Cl)cc1Cl. The van der Waals surface area contributed by atoms with Crippen LogP contribution < -0.4 is 5.43 Å². The van der Waals surface area contributed by atoms with Gasteiger partial charge in [-0.2, -0.15) is 5.10 Å². The van der Waals surface area contributed by atoms with Gasteiger partial charge in [-0.05, 0) is 26.0 Å². The minimum atomic E-state index is -0.508. The van der Waals surface area contributed by atoms with E-state index in [0.29, 0.717) is 20.8 Å². The summed E-state index contributed by atoms with van der Waals surface area (Å²) in [6, 6.07) is 3.04. The van der Waals surface area contributed by atoms with Crippen LogP contribution in [-0.2, 0) is 9.53 Å². The van der Waals surface area contributed by atoms with Gasteiger partial charge in [0.15, 0.2) is 0 Å². The number of nitrogens with one attached hydrogen (secondary N) is 1. The van der Waals surface area contributed by atoms with E-state index >= 15 is 0 Å². The highest BCUT2D eigenvalue weighted by atomic mass is 35.5. The van der Waals surface area contributed by atoms with E-state index in [1.807, 2.05) is 0 Å². The van der Waals surface area contributed by atoms with Gasteiger partial charge in [-0.3, -0.25) is 5.43 Å². The lowest BCUT2D eigenvalue weighted by atomic mass is 10.3. The van der Waals surface area contributed by atoms with Crippen molar-refractivity contribution in [1.29, 1.82) is 0 Å². The molecule has 0 radical (unpaired) electrons. The molecular weight excluding hydrogens is 298 g/mol. The van der Waals surface area contributed by atoms with Crippen molar-refractivity contribution in [2.24, 2.45) is 5.10 Å². The molecule has 0 unspecified atom stereocenters. The molecular formula is C11H11Cl3N2O2. The molecule has 0 aromatic heterocycles. The first-order valence-corrected chi connectivity index (χ1v) is 6.21. The van der Waals surface area contributed by atoms with Gasteiger partial charge in [0, 0.05) is 5.02 Å². The Bertz CT molecular complexity index is 466. The van der Waals surface area contributed by atoms with E-state index in [2.05, 4.69) is 10.5 Å². The summed E-state index contributed by atoms with van der Waals surface area (Å²) < 4.78 is 4.77. The first-order chi connectivity index (χ1) is 8.45. The molecule has 4 nitrogen and oxygen atoms in total. The summed E-state index contributed by atoms with van der Waals surface area (Å²) in [5.41, 5.74) is 3.16. The van der Waals surface area contributed by atoms with Gasteiger partial charge < -0.3 is 4.74 Å². The maximum absolute atomic E-state index is 11.3. The first-order valence-electron chi connectivity index (χ1n) is 5.07. The molecule has 7 heteroatoms. The minimum absolute atomic E-state index is 0.166. The number of halogens is 3. The zero-order valence-corrected chi connectivity index (χ0v) is 12.0. The third-order valence-electron chi connectivity index (χ3n) is 1.91. The summed E-state index contributed by atoms with van der Waals surface area (Å²) in [5, 5.41) is 4.89. The number of hydrazone groups is 1. The molecule has 1 aromatic rings. The second kappa shape index (κ2) is 6.83. The molecule has 0 amide bonds. The van der Waals surface area contributed by atoms with Gasteiger partial charge >= 0.3 is 5.97 Å². The lowest BCUT2D eigenvalue weighted by Gasteiger charge is -2.07. The Labute approximate surface area is 120 Å². The van der Waals surface area contributed by atoms with Gasteiger partial charge in [0.2, 0.25) is 0 Å². The van der Waals surface area contributed by atoms with Crippen LogP contribution >= 0.6 is 34.8 Å². The smallest absolute Gasteiger partial charge is 0.354 e. The predicted octanol–water partition coefficient (Wildman–Crippen LogP) is 4.00. The van der Waals surface area contributed by atoms with Gasteiger partial charge in [0.25, 0.3) is 0 Å². The Balaban J connectivity index is 2.86. The molecule has 0 heterocycles. The number of nitrogens with zero attached hydrogens (tertiary/aromatic N) is 1. The molecule has 0 saturated heterocycles. The second-order valence-corrected chi connectivity index (χ2v) is 4.52. The van der Waals surface area contributed by atoms with E-state index in [1.165, 1.54) is 19.1 Å². The van der Waals surface area contributed by atoms with Crippen molar-refractivity contribution >= 4 is 52.2 Å². The minimum Gasteiger partial charge on any atom is -0.461 e. The van der Waals surface area contributed by atoms with E-state index in [9.17, 15) is 4.79 Å². The number of rotatable bonds is 4. The summed E-state index contributed by atoms with van der Waals surface area (Å²) in [4.78, 5) is 11.3. The number of carbonyl (C=O) groups excluding carboxylic acids is 1. The number of carbonyl (C=O) groups is 1. The zero-order valence-electron chi connectivity index (χ0n) is 9.76. The Morgan fingerprint density at radius 3 is 2.39 bits per heavy atom. The van der Waals surface area contributed by atoms with Crippen molar-refractivity contribution in [2.75, 3.05) is 12.0 Å². The molecule has 0 aliphatic carbocycles. The highest BCUT2D eigenvalue weighted by Gasteiger charge is 2.09. The van der Waals surface area contributed by atoms with Crippen LogP contribution in [0.4, 0.5) is 5.69 Å². The van der Waals surface area contributed by atoms with Gasteiger partial charge in [0.1, 0.15) is 5.71 Å². The van der Waals surface area contributed by atoms with E-state index in [-0.39, 0.29) is 12.3 Å². The quantitative estimate of drug-likeness (QED) is 0.519. The normalized spacial score (nSPS) is 11.3. The van der Waals surface area contributed by atoms with E-state index < -0.39 is 5.97 Å². The topological polar surface area (TPSA) is 50.7 Å². The van der Waals surface area contributed by atoms with Crippen molar-refractivity contribution < 1.29 is 9.53 Å². The van der Waals surface area contributed by atoms with Crippen molar-refractivity contribution in [2.45, 2.75) is 13.8 Å². The number of hydrogen-bond donors (Lipinski definition) is 1. The third kappa shape index (κ3) is 4.05. The Kier molecular flexibility index (Phi) is 5.72. The zero-order chi connectivity index (χ0) is 13.7. The van der Waals surface area contributed by atoms with Crippen LogP contribution in [0.2, 0.25) is 15.1 Å². The predicted molar refractivity (Wildman–Crippen MR) is 74.8 cm³/mol. The largest absolute Gasteiger partial charge is 0.461 e. The maximum atomic E-state index is 11.3. The van der Waals surface area contributed by atoms with Crippen molar-refractivity contribution in [3.8, 4) is 0 Å². The molecule has 1 rings (SSSR count). The van der Waals surface area contributed by atoms with Gasteiger partial charge in [0.05, 0.1) is 22.3 Å². The highest BCUT2D eigenvalue weighted by molar-refractivity contribution is 6.42. The summed E-state index contributed by atoms with van der Waals surface area (Å²) in [5.74, 6) is -0.508. The fourth-order valence-corrected chi connectivity index (χ4v) is 1.97. The van der Waals surface area contributed by atoms with Crippen LogP contribution in [0.5, 0.6) is 0 Å². The highest BCUT2D eigenvalue weighted by Crippen LogP contribution is 2.33.